The normalized spacial score (nSPS) is 20.9. The van der Waals surface area contributed by atoms with Crippen LogP contribution in [0.5, 0.6) is 0 Å². The van der Waals surface area contributed by atoms with Crippen LogP contribution in [0.4, 0.5) is 0 Å². The lowest BCUT2D eigenvalue weighted by Gasteiger charge is -2.40. The fourth-order valence-electron chi connectivity index (χ4n) is 8.47. The lowest BCUT2D eigenvalue weighted by Crippen LogP contribution is -2.59. The van der Waals surface area contributed by atoms with Crippen molar-refractivity contribution in [2.45, 2.75) is 101 Å². The molecule has 2 aromatic rings. The molecule has 1 unspecified atom stereocenters. The van der Waals surface area contributed by atoms with Gasteiger partial charge in [0.05, 0.1) is 18.1 Å². The van der Waals surface area contributed by atoms with Crippen LogP contribution >= 0.6 is 0 Å². The zero-order valence-electron chi connectivity index (χ0n) is 31.1. The molecule has 3 fully saturated rings. The van der Waals surface area contributed by atoms with E-state index in [1.165, 1.54) is 5.56 Å². The Bertz CT molecular complexity index is 1430. The van der Waals surface area contributed by atoms with Crippen molar-refractivity contribution in [3.63, 3.8) is 0 Å². The number of ketones is 1. The Labute approximate surface area is 310 Å². The molecule has 1 saturated carbocycles. The van der Waals surface area contributed by atoms with Crippen molar-refractivity contribution in [1.29, 1.82) is 0 Å². The summed E-state index contributed by atoms with van der Waals surface area (Å²) in [4.78, 5) is 62.6. The summed E-state index contributed by atoms with van der Waals surface area (Å²) >= 11 is 0. The number of piperazine rings is 1. The Morgan fingerprint density at radius 3 is 2.06 bits per heavy atom. The molecular formula is C41H61N7O4. The van der Waals surface area contributed by atoms with E-state index in [-0.39, 0.29) is 29.4 Å². The molecule has 2 aromatic carbocycles. The van der Waals surface area contributed by atoms with Gasteiger partial charge in [-0.05, 0) is 82.0 Å². The van der Waals surface area contributed by atoms with Crippen LogP contribution in [-0.4, -0.2) is 109 Å². The topological polar surface area (TPSA) is 154 Å². The highest BCUT2D eigenvalue weighted by molar-refractivity contribution is 5.98. The molecule has 5 rings (SSSR count). The molecule has 11 heteroatoms. The zero-order chi connectivity index (χ0) is 36.9. The van der Waals surface area contributed by atoms with E-state index < -0.39 is 30.1 Å². The third kappa shape index (κ3) is 10.5. The monoisotopic (exact) mass is 715 g/mol. The molecule has 52 heavy (non-hydrogen) atoms. The number of rotatable bonds is 17. The third-order valence-electron chi connectivity index (χ3n) is 11.5. The number of benzene rings is 2. The third-order valence-corrected chi connectivity index (χ3v) is 11.5. The minimum Gasteiger partial charge on any atom is -0.343 e. The van der Waals surface area contributed by atoms with Crippen LogP contribution < -0.4 is 22.1 Å². The maximum absolute atomic E-state index is 14.7. The van der Waals surface area contributed by atoms with Crippen molar-refractivity contribution in [2.24, 2.45) is 23.3 Å². The number of carbonyl (C=O) groups is 4. The number of Topliss-reactive ketones (excluding diaryl/α,β-unsaturated/α-hetero) is 1. The van der Waals surface area contributed by atoms with Gasteiger partial charge in [0.15, 0.2) is 5.78 Å². The maximum atomic E-state index is 14.7. The highest BCUT2D eigenvalue weighted by Crippen LogP contribution is 2.35. The summed E-state index contributed by atoms with van der Waals surface area (Å²) in [6.45, 7) is 4.39. The van der Waals surface area contributed by atoms with Gasteiger partial charge in [-0.25, -0.2) is 0 Å². The van der Waals surface area contributed by atoms with Crippen molar-refractivity contribution in [2.75, 3.05) is 46.3 Å². The Hall–Kier alpha value is -3.64. The maximum Gasteiger partial charge on any atom is 0.245 e. The van der Waals surface area contributed by atoms with Gasteiger partial charge in [0.2, 0.25) is 17.7 Å². The standard InChI is InChI=1S/C41H61N7O4/c1-44-34(28-30-14-5-2-6-15-30)39(50)45-33(20-11-12-22-42)40(51)48-23-13-21-35(48)38(49)36(32-18-9-4-10-19-32)37(43)41(52)47-26-24-46(25-27-47)29-31-16-7-3-8-17-31/h2-3,5-8,14-17,32-37,44H,4,9-13,18-29,42-43H2,1H3,(H,45,50)/t33-,34-,35-,36?,37+/m0/s1. The second kappa shape index (κ2) is 20.0. The number of nitrogens with zero attached hydrogens (tertiary/aromatic N) is 3. The first-order valence-corrected chi connectivity index (χ1v) is 19.7. The van der Waals surface area contributed by atoms with Gasteiger partial charge in [-0.1, -0.05) is 79.9 Å². The second-order valence-corrected chi connectivity index (χ2v) is 15.0. The molecule has 3 aliphatic rings. The Balaban J connectivity index is 1.28. The molecule has 0 bridgehead atoms. The van der Waals surface area contributed by atoms with Crippen LogP contribution in [0.25, 0.3) is 0 Å². The van der Waals surface area contributed by atoms with Crippen molar-refractivity contribution < 1.29 is 19.2 Å². The van der Waals surface area contributed by atoms with Crippen molar-refractivity contribution in [1.82, 2.24) is 25.3 Å². The van der Waals surface area contributed by atoms with Crippen LogP contribution in [0.3, 0.4) is 0 Å². The summed E-state index contributed by atoms with van der Waals surface area (Å²) in [7, 11) is 1.74. The lowest BCUT2D eigenvalue weighted by atomic mass is 9.72. The highest BCUT2D eigenvalue weighted by Gasteiger charge is 2.46. The van der Waals surface area contributed by atoms with Crippen molar-refractivity contribution >= 4 is 23.5 Å². The molecule has 2 heterocycles. The van der Waals surface area contributed by atoms with E-state index in [0.717, 1.165) is 63.7 Å². The Morgan fingerprint density at radius 2 is 1.42 bits per heavy atom. The predicted molar refractivity (Wildman–Crippen MR) is 204 cm³/mol. The first-order valence-electron chi connectivity index (χ1n) is 19.7. The van der Waals surface area contributed by atoms with E-state index >= 15 is 0 Å². The molecule has 0 spiro atoms. The van der Waals surface area contributed by atoms with E-state index in [1.807, 2.05) is 53.4 Å². The van der Waals surface area contributed by atoms with Crippen molar-refractivity contribution in [3.8, 4) is 0 Å². The summed E-state index contributed by atoms with van der Waals surface area (Å²) in [5, 5.41) is 6.15. The van der Waals surface area contributed by atoms with Gasteiger partial charge >= 0.3 is 0 Å². The number of carbonyl (C=O) groups excluding carboxylic acids is 4. The van der Waals surface area contributed by atoms with Gasteiger partial charge < -0.3 is 31.9 Å². The molecular weight excluding hydrogens is 654 g/mol. The van der Waals surface area contributed by atoms with E-state index in [1.54, 1.807) is 11.9 Å². The molecule has 3 amide bonds. The smallest absolute Gasteiger partial charge is 0.245 e. The second-order valence-electron chi connectivity index (χ2n) is 15.0. The van der Waals surface area contributed by atoms with Crippen molar-refractivity contribution in [3.05, 3.63) is 71.8 Å². The number of nitrogens with two attached hydrogens (primary N) is 2. The molecule has 0 radical (unpaired) electrons. The molecule has 284 valence electrons. The summed E-state index contributed by atoms with van der Waals surface area (Å²) in [5.74, 6) is -1.40. The summed E-state index contributed by atoms with van der Waals surface area (Å²) in [6.07, 6.45) is 8.36. The molecule has 1 aliphatic carbocycles. The minimum atomic E-state index is -0.955. The minimum absolute atomic E-state index is 0.00606. The van der Waals surface area contributed by atoms with E-state index in [0.29, 0.717) is 58.3 Å². The van der Waals surface area contributed by atoms with Gasteiger partial charge in [-0.2, -0.15) is 0 Å². The largest absolute Gasteiger partial charge is 0.343 e. The number of likely N-dealkylation sites (tertiary alicyclic amines) is 1. The predicted octanol–water partition coefficient (Wildman–Crippen LogP) is 2.86. The van der Waals surface area contributed by atoms with Gasteiger partial charge in [0.1, 0.15) is 6.04 Å². The van der Waals surface area contributed by atoms with Crippen LogP contribution in [0.15, 0.2) is 60.7 Å². The number of nitrogens with one attached hydrogen (secondary N) is 2. The summed E-state index contributed by atoms with van der Waals surface area (Å²) in [5.41, 5.74) is 14.9. The Kier molecular flexibility index (Phi) is 15.2. The fraction of sp³-hybridized carbons (Fsp3) is 0.610. The first-order chi connectivity index (χ1) is 25.3. The molecule has 11 nitrogen and oxygen atoms in total. The number of amides is 3. The van der Waals surface area contributed by atoms with Crippen LogP contribution in [0.1, 0.15) is 75.3 Å². The number of likely N-dealkylation sites (N-methyl/N-ethyl adjacent to an activating group) is 1. The highest BCUT2D eigenvalue weighted by atomic mass is 16.2. The summed E-state index contributed by atoms with van der Waals surface area (Å²) < 4.78 is 0. The first kappa shape index (κ1) is 39.6. The fourth-order valence-corrected chi connectivity index (χ4v) is 8.47. The Morgan fingerprint density at radius 1 is 0.769 bits per heavy atom. The van der Waals surface area contributed by atoms with Crippen LogP contribution in [0.2, 0.25) is 0 Å². The molecule has 2 aliphatic heterocycles. The van der Waals surface area contributed by atoms with E-state index in [2.05, 4.69) is 27.7 Å². The van der Waals surface area contributed by atoms with Gasteiger partial charge in [-0.3, -0.25) is 24.1 Å². The number of hydrogen-bond acceptors (Lipinski definition) is 8. The average molecular weight is 716 g/mol. The lowest BCUT2D eigenvalue weighted by molar-refractivity contribution is -0.146. The molecule has 6 N–H and O–H groups in total. The number of hydrogen-bond donors (Lipinski definition) is 4. The van der Waals surface area contributed by atoms with Gasteiger partial charge in [0, 0.05) is 45.2 Å². The SMILES string of the molecule is CN[C@@H](Cc1ccccc1)C(=O)N[C@@H](CCCCN)C(=O)N1CCC[C@H]1C(=O)C(C1CCCCC1)[C@@H](N)C(=O)N1CCN(Cc2ccccc2)CC1. The van der Waals surface area contributed by atoms with Crippen LogP contribution in [0, 0.1) is 11.8 Å². The zero-order valence-corrected chi connectivity index (χ0v) is 31.1. The van der Waals surface area contributed by atoms with Gasteiger partial charge in [-0.15, -0.1) is 0 Å². The molecule has 2 saturated heterocycles. The number of unbranched alkanes of at least 4 members (excludes halogenated alkanes) is 1. The molecule has 5 atom stereocenters. The average Bonchev–Trinajstić information content (AvgIpc) is 3.68. The van der Waals surface area contributed by atoms with E-state index in [4.69, 9.17) is 11.5 Å². The van der Waals surface area contributed by atoms with Crippen LogP contribution in [-0.2, 0) is 32.1 Å². The van der Waals surface area contributed by atoms with E-state index in [9.17, 15) is 19.2 Å². The quantitative estimate of drug-likeness (QED) is 0.183. The molecule has 0 aromatic heterocycles. The van der Waals surface area contributed by atoms with Gasteiger partial charge in [0.25, 0.3) is 0 Å². The summed E-state index contributed by atoms with van der Waals surface area (Å²) in [6, 6.07) is 17.2.